The molecule has 0 fully saturated rings. The highest BCUT2D eigenvalue weighted by Gasteiger charge is 2.05. The van der Waals surface area contributed by atoms with E-state index < -0.39 is 0 Å². The summed E-state index contributed by atoms with van der Waals surface area (Å²) in [5.41, 5.74) is 1.73. The molecule has 5 aromatic rings. The van der Waals surface area contributed by atoms with Gasteiger partial charge in [0.2, 0.25) is 0 Å². The van der Waals surface area contributed by atoms with Crippen molar-refractivity contribution in [3.63, 3.8) is 0 Å². The van der Waals surface area contributed by atoms with Gasteiger partial charge in [-0.15, -0.1) is 5.10 Å². The quantitative estimate of drug-likeness (QED) is 0.465. The van der Waals surface area contributed by atoms with E-state index >= 15 is 0 Å². The van der Waals surface area contributed by atoms with Crippen molar-refractivity contribution in [3.05, 3.63) is 71.3 Å². The molecule has 0 amide bonds. The molecular weight excluding hydrogens is 306 g/mol. The van der Waals surface area contributed by atoms with Crippen molar-refractivity contribution in [2.24, 2.45) is 0 Å². The summed E-state index contributed by atoms with van der Waals surface area (Å²) in [5, 5.41) is 11.6. The molecule has 5 heterocycles. The third-order valence-electron chi connectivity index (χ3n) is 3.43. The van der Waals surface area contributed by atoms with E-state index in [1.54, 1.807) is 35.2 Å². The Morgan fingerprint density at radius 3 is 2.38 bits per heavy atom. The van der Waals surface area contributed by atoms with Crippen LogP contribution in [-0.2, 0) is 0 Å². The lowest BCUT2D eigenvalue weighted by Gasteiger charge is -1.96. The van der Waals surface area contributed by atoms with Gasteiger partial charge in [-0.1, -0.05) is 5.21 Å². The SMILES string of the molecule is O=c1cc2nn[nH]n2c2ncccc12.c1cnc2ncccc2c1. The summed E-state index contributed by atoms with van der Waals surface area (Å²) < 4.78 is 1.57. The van der Waals surface area contributed by atoms with Crippen LogP contribution in [-0.4, -0.2) is 35.0 Å². The van der Waals surface area contributed by atoms with Gasteiger partial charge in [-0.05, 0) is 36.4 Å². The van der Waals surface area contributed by atoms with Crippen LogP contribution >= 0.6 is 0 Å². The predicted octanol–water partition coefficient (Wildman–Crippen LogP) is 1.60. The van der Waals surface area contributed by atoms with E-state index in [0.29, 0.717) is 16.7 Å². The number of hydrogen-bond acceptors (Lipinski definition) is 6. The van der Waals surface area contributed by atoms with Crippen LogP contribution in [0.1, 0.15) is 0 Å². The van der Waals surface area contributed by atoms with E-state index in [0.717, 1.165) is 11.0 Å². The molecule has 24 heavy (non-hydrogen) atoms. The number of tetrazole rings is 1. The average molecular weight is 317 g/mol. The van der Waals surface area contributed by atoms with Gasteiger partial charge in [0.25, 0.3) is 0 Å². The summed E-state index contributed by atoms with van der Waals surface area (Å²) in [5.74, 6) is 0. The molecule has 0 spiro atoms. The molecule has 5 rings (SSSR count). The van der Waals surface area contributed by atoms with Gasteiger partial charge in [0.1, 0.15) is 0 Å². The lowest BCUT2D eigenvalue weighted by atomic mass is 10.3. The summed E-state index contributed by atoms with van der Waals surface area (Å²) in [6, 6.07) is 12.7. The Kier molecular flexibility index (Phi) is 3.39. The Balaban J connectivity index is 0.000000129. The fourth-order valence-corrected chi connectivity index (χ4v) is 2.33. The number of nitrogens with one attached hydrogen (secondary N) is 1. The van der Waals surface area contributed by atoms with Crippen LogP contribution in [0.3, 0.4) is 0 Å². The number of rotatable bonds is 0. The van der Waals surface area contributed by atoms with Gasteiger partial charge in [0.05, 0.1) is 5.39 Å². The van der Waals surface area contributed by atoms with E-state index in [1.807, 2.05) is 24.3 Å². The Bertz CT molecular complexity index is 1130. The Hall–Kier alpha value is -3.68. The summed E-state index contributed by atoms with van der Waals surface area (Å²) >= 11 is 0. The Morgan fingerprint density at radius 2 is 1.62 bits per heavy atom. The molecular formula is C16H11N7O. The molecule has 0 saturated carbocycles. The van der Waals surface area contributed by atoms with Gasteiger partial charge < -0.3 is 0 Å². The van der Waals surface area contributed by atoms with Crippen LogP contribution in [0.4, 0.5) is 0 Å². The van der Waals surface area contributed by atoms with Gasteiger partial charge in [-0.3, -0.25) is 4.79 Å². The maximum atomic E-state index is 11.6. The summed E-state index contributed by atoms with van der Waals surface area (Å²) in [6.07, 6.45) is 5.11. The molecule has 0 radical (unpaired) electrons. The zero-order chi connectivity index (χ0) is 16.4. The minimum atomic E-state index is -0.0954. The number of hydrogen-bond donors (Lipinski definition) is 1. The number of pyridine rings is 4. The monoisotopic (exact) mass is 317 g/mol. The third-order valence-corrected chi connectivity index (χ3v) is 3.43. The lowest BCUT2D eigenvalue weighted by molar-refractivity contribution is 0.835. The number of fused-ring (bicyclic) bond motifs is 4. The van der Waals surface area contributed by atoms with Crippen LogP contribution < -0.4 is 5.43 Å². The molecule has 0 bridgehead atoms. The van der Waals surface area contributed by atoms with Crippen molar-refractivity contribution in [3.8, 4) is 0 Å². The third kappa shape index (κ3) is 2.45. The molecule has 0 aliphatic carbocycles. The molecule has 0 atom stereocenters. The van der Waals surface area contributed by atoms with Crippen molar-refractivity contribution in [2.75, 3.05) is 0 Å². The van der Waals surface area contributed by atoms with Gasteiger partial charge in [-0.25, -0.2) is 15.0 Å². The van der Waals surface area contributed by atoms with E-state index in [-0.39, 0.29) is 5.43 Å². The molecule has 5 aromatic heterocycles. The second-order valence-corrected chi connectivity index (χ2v) is 4.93. The van der Waals surface area contributed by atoms with Crippen molar-refractivity contribution in [2.45, 2.75) is 0 Å². The van der Waals surface area contributed by atoms with Gasteiger partial charge >= 0.3 is 0 Å². The number of aromatic amines is 1. The van der Waals surface area contributed by atoms with E-state index in [9.17, 15) is 4.79 Å². The molecule has 0 aliphatic rings. The first-order chi connectivity index (χ1) is 11.8. The average Bonchev–Trinajstić information content (AvgIpc) is 3.11. The van der Waals surface area contributed by atoms with Crippen molar-refractivity contribution < 1.29 is 0 Å². The molecule has 116 valence electrons. The van der Waals surface area contributed by atoms with Crippen molar-refractivity contribution in [1.29, 1.82) is 0 Å². The largest absolute Gasteiger partial charge is 0.289 e. The summed E-state index contributed by atoms with van der Waals surface area (Å²) in [7, 11) is 0. The zero-order valence-corrected chi connectivity index (χ0v) is 12.4. The van der Waals surface area contributed by atoms with Crippen LogP contribution in [0.5, 0.6) is 0 Å². The van der Waals surface area contributed by atoms with Crippen LogP contribution in [0.15, 0.2) is 65.8 Å². The van der Waals surface area contributed by atoms with Crippen LogP contribution in [0, 0.1) is 0 Å². The van der Waals surface area contributed by atoms with Gasteiger partial charge in [0.15, 0.2) is 22.4 Å². The predicted molar refractivity (Wildman–Crippen MR) is 88.4 cm³/mol. The summed E-state index contributed by atoms with van der Waals surface area (Å²) in [4.78, 5) is 23.8. The standard InChI is InChI=1S/C8H5N5O.C8H6N2/c14-6-4-7-10-11-12-13(7)8-5(6)2-1-3-9-8;1-3-7-4-2-6-10-8(7)9-5-1/h1-4H,(H,10,12);1-6H. The molecule has 8 nitrogen and oxygen atoms in total. The van der Waals surface area contributed by atoms with Crippen LogP contribution in [0.2, 0.25) is 0 Å². The van der Waals surface area contributed by atoms with Gasteiger partial charge in [0, 0.05) is 30.0 Å². The Morgan fingerprint density at radius 1 is 0.917 bits per heavy atom. The van der Waals surface area contributed by atoms with E-state index in [4.69, 9.17) is 0 Å². The normalized spacial score (nSPS) is 10.7. The van der Waals surface area contributed by atoms with Crippen molar-refractivity contribution >= 4 is 27.7 Å². The molecule has 0 saturated heterocycles. The second-order valence-electron chi connectivity index (χ2n) is 4.93. The van der Waals surface area contributed by atoms with Gasteiger partial charge in [-0.2, -0.15) is 9.73 Å². The minimum Gasteiger partial charge on any atom is -0.289 e. The molecule has 1 N–H and O–H groups in total. The first-order valence-corrected chi connectivity index (χ1v) is 7.16. The smallest absolute Gasteiger partial charge is 0.193 e. The maximum absolute atomic E-state index is 11.6. The highest BCUT2D eigenvalue weighted by molar-refractivity contribution is 5.77. The number of nitrogens with zero attached hydrogens (tertiary/aromatic N) is 6. The molecule has 0 aromatic carbocycles. The van der Waals surface area contributed by atoms with E-state index in [2.05, 4.69) is 30.5 Å². The number of aromatic nitrogens is 7. The summed E-state index contributed by atoms with van der Waals surface area (Å²) in [6.45, 7) is 0. The fraction of sp³-hybridized carbons (Fsp3) is 0. The first-order valence-electron chi connectivity index (χ1n) is 7.16. The fourth-order valence-electron chi connectivity index (χ4n) is 2.33. The maximum Gasteiger partial charge on any atom is 0.193 e. The molecule has 0 aliphatic heterocycles. The van der Waals surface area contributed by atoms with Crippen LogP contribution in [0.25, 0.3) is 27.7 Å². The molecule has 8 heteroatoms. The zero-order valence-electron chi connectivity index (χ0n) is 12.4. The second kappa shape index (κ2) is 5.84. The molecule has 0 unspecified atom stereocenters. The lowest BCUT2D eigenvalue weighted by Crippen LogP contribution is -2.05. The highest BCUT2D eigenvalue weighted by Crippen LogP contribution is 2.06. The highest BCUT2D eigenvalue weighted by atomic mass is 16.1. The van der Waals surface area contributed by atoms with E-state index in [1.165, 1.54) is 6.07 Å². The van der Waals surface area contributed by atoms with Crippen molar-refractivity contribution in [1.82, 2.24) is 35.0 Å². The number of H-pyrrole nitrogens is 1. The minimum absolute atomic E-state index is 0.0954. The Labute approximate surface area is 134 Å². The first kappa shape index (κ1) is 13.9. The topological polar surface area (TPSA) is 102 Å².